The molecule has 4 nitrogen and oxygen atoms in total. The first-order valence-corrected chi connectivity index (χ1v) is 11.8. The zero-order valence-electron chi connectivity index (χ0n) is 17.2. The summed E-state index contributed by atoms with van der Waals surface area (Å²) < 4.78 is 1.18. The molecular weight excluding hydrogens is 496 g/mol. The van der Waals surface area contributed by atoms with Gasteiger partial charge in [0.15, 0.2) is 0 Å². The number of pyridine rings is 1. The Balaban J connectivity index is 1.71. The van der Waals surface area contributed by atoms with Crippen LogP contribution in [-0.4, -0.2) is 29.0 Å². The standard InChI is InChI=1S/C23H28Br2N2O2/c1-14-8-10-27(11-9-14)23-17(5-4-15(2)26-23)6-7-21(28)16(3)18-12-19(24)22(29)20(25)13-18/h4-5,12-14,16,29H,6-11H2,1-3H3. The number of Topliss-reactive ketones (excluding diaryl/α,β-unsaturated/α-hetero) is 1. The summed E-state index contributed by atoms with van der Waals surface area (Å²) in [5.74, 6) is 1.92. The van der Waals surface area contributed by atoms with Crippen molar-refractivity contribution in [1.29, 1.82) is 0 Å². The van der Waals surface area contributed by atoms with Crippen LogP contribution in [0.1, 0.15) is 55.8 Å². The normalized spacial score (nSPS) is 16.1. The molecule has 1 saturated heterocycles. The highest BCUT2D eigenvalue weighted by atomic mass is 79.9. The van der Waals surface area contributed by atoms with Crippen molar-refractivity contribution in [3.8, 4) is 5.75 Å². The van der Waals surface area contributed by atoms with Crippen LogP contribution in [0.2, 0.25) is 0 Å². The van der Waals surface area contributed by atoms with E-state index in [1.54, 1.807) is 0 Å². The van der Waals surface area contributed by atoms with Crippen LogP contribution < -0.4 is 4.90 Å². The molecule has 1 N–H and O–H groups in total. The molecule has 6 heteroatoms. The van der Waals surface area contributed by atoms with Crippen molar-refractivity contribution in [1.82, 2.24) is 4.98 Å². The quantitative estimate of drug-likeness (QED) is 0.492. The third-order valence-corrected chi connectivity index (χ3v) is 7.05. The molecule has 0 bridgehead atoms. The maximum atomic E-state index is 12.9. The first-order valence-electron chi connectivity index (χ1n) is 10.2. The topological polar surface area (TPSA) is 53.4 Å². The Labute approximate surface area is 190 Å². The van der Waals surface area contributed by atoms with Crippen LogP contribution >= 0.6 is 31.9 Å². The zero-order valence-corrected chi connectivity index (χ0v) is 20.4. The number of ketones is 1. The summed E-state index contributed by atoms with van der Waals surface area (Å²) in [7, 11) is 0. The van der Waals surface area contributed by atoms with Gasteiger partial charge in [-0.05, 0) is 93.3 Å². The van der Waals surface area contributed by atoms with Crippen molar-refractivity contribution < 1.29 is 9.90 Å². The van der Waals surface area contributed by atoms with Crippen LogP contribution in [0.5, 0.6) is 5.75 Å². The van der Waals surface area contributed by atoms with Crippen molar-refractivity contribution in [2.24, 2.45) is 5.92 Å². The second-order valence-electron chi connectivity index (χ2n) is 8.13. The molecule has 1 aliphatic heterocycles. The van der Waals surface area contributed by atoms with E-state index in [1.807, 2.05) is 32.0 Å². The number of hydrogen-bond acceptors (Lipinski definition) is 4. The minimum atomic E-state index is -0.235. The lowest BCUT2D eigenvalue weighted by atomic mass is 9.92. The molecule has 0 spiro atoms. The van der Waals surface area contributed by atoms with E-state index >= 15 is 0 Å². The van der Waals surface area contributed by atoms with E-state index in [4.69, 9.17) is 4.98 Å². The molecule has 3 rings (SSSR count). The minimum Gasteiger partial charge on any atom is -0.506 e. The van der Waals surface area contributed by atoms with E-state index in [9.17, 15) is 9.90 Å². The van der Waals surface area contributed by atoms with Crippen LogP contribution in [-0.2, 0) is 11.2 Å². The molecule has 0 amide bonds. The molecule has 0 saturated carbocycles. The van der Waals surface area contributed by atoms with Gasteiger partial charge in [-0.2, -0.15) is 0 Å². The lowest BCUT2D eigenvalue weighted by Gasteiger charge is -2.32. The fourth-order valence-corrected chi connectivity index (χ4v) is 4.98. The van der Waals surface area contributed by atoms with E-state index in [-0.39, 0.29) is 17.5 Å². The second-order valence-corrected chi connectivity index (χ2v) is 9.83. The number of benzene rings is 1. The third-order valence-electron chi connectivity index (χ3n) is 5.84. The first kappa shape index (κ1) is 22.3. The number of carbonyl (C=O) groups is 1. The summed E-state index contributed by atoms with van der Waals surface area (Å²) >= 11 is 6.70. The van der Waals surface area contributed by atoms with Gasteiger partial charge in [-0.25, -0.2) is 4.98 Å². The Bertz CT molecular complexity index is 869. The number of aryl methyl sites for hydroxylation is 2. The van der Waals surface area contributed by atoms with Crippen LogP contribution in [0.15, 0.2) is 33.2 Å². The molecule has 29 heavy (non-hydrogen) atoms. The molecule has 1 aromatic carbocycles. The third kappa shape index (κ3) is 5.40. The van der Waals surface area contributed by atoms with Gasteiger partial charge in [0, 0.05) is 31.1 Å². The van der Waals surface area contributed by atoms with Crippen LogP contribution in [0.4, 0.5) is 5.82 Å². The van der Waals surface area contributed by atoms with Gasteiger partial charge in [-0.3, -0.25) is 4.79 Å². The zero-order chi connectivity index (χ0) is 21.1. The lowest BCUT2D eigenvalue weighted by Crippen LogP contribution is -2.34. The van der Waals surface area contributed by atoms with Gasteiger partial charge < -0.3 is 10.0 Å². The van der Waals surface area contributed by atoms with Gasteiger partial charge in [-0.1, -0.05) is 19.9 Å². The molecule has 1 unspecified atom stereocenters. The fraction of sp³-hybridized carbons (Fsp3) is 0.478. The molecule has 0 radical (unpaired) electrons. The van der Waals surface area contributed by atoms with Gasteiger partial charge in [-0.15, -0.1) is 0 Å². The molecule has 2 heterocycles. The first-order chi connectivity index (χ1) is 13.8. The summed E-state index contributed by atoms with van der Waals surface area (Å²) in [6.45, 7) is 8.32. The van der Waals surface area contributed by atoms with Crippen molar-refractivity contribution >= 4 is 43.5 Å². The lowest BCUT2D eigenvalue weighted by molar-refractivity contribution is -0.120. The molecule has 1 atom stereocenters. The smallest absolute Gasteiger partial charge is 0.143 e. The van der Waals surface area contributed by atoms with Gasteiger partial charge >= 0.3 is 0 Å². The van der Waals surface area contributed by atoms with Gasteiger partial charge in [0.1, 0.15) is 17.4 Å². The van der Waals surface area contributed by atoms with Crippen LogP contribution in [0.25, 0.3) is 0 Å². The molecule has 1 aliphatic rings. The molecule has 156 valence electrons. The summed E-state index contributed by atoms with van der Waals surface area (Å²) in [6.07, 6.45) is 3.54. The largest absolute Gasteiger partial charge is 0.506 e. The van der Waals surface area contributed by atoms with Crippen molar-refractivity contribution in [3.63, 3.8) is 0 Å². The van der Waals surface area contributed by atoms with Crippen molar-refractivity contribution in [2.45, 2.75) is 52.4 Å². The van der Waals surface area contributed by atoms with Gasteiger partial charge in [0.25, 0.3) is 0 Å². The van der Waals surface area contributed by atoms with Gasteiger partial charge in [0.2, 0.25) is 0 Å². The average molecular weight is 524 g/mol. The maximum Gasteiger partial charge on any atom is 0.143 e. The highest BCUT2D eigenvalue weighted by Gasteiger charge is 2.22. The van der Waals surface area contributed by atoms with Crippen molar-refractivity contribution in [3.05, 3.63) is 50.0 Å². The second kappa shape index (κ2) is 9.61. The number of aromatic nitrogens is 1. The Morgan fingerprint density at radius 3 is 2.48 bits per heavy atom. The van der Waals surface area contributed by atoms with Crippen molar-refractivity contribution in [2.75, 3.05) is 18.0 Å². The Morgan fingerprint density at radius 2 is 1.86 bits per heavy atom. The number of aromatic hydroxyl groups is 1. The monoisotopic (exact) mass is 522 g/mol. The number of nitrogens with zero attached hydrogens (tertiary/aromatic N) is 2. The molecule has 2 aromatic rings. The summed E-state index contributed by atoms with van der Waals surface area (Å²) in [4.78, 5) is 20.1. The maximum absolute atomic E-state index is 12.9. The summed E-state index contributed by atoms with van der Waals surface area (Å²) in [5.41, 5.74) is 3.05. The number of carbonyl (C=O) groups excluding carboxylic acids is 1. The van der Waals surface area contributed by atoms with Crippen LogP contribution in [0.3, 0.4) is 0 Å². The average Bonchev–Trinajstić information content (AvgIpc) is 2.70. The van der Waals surface area contributed by atoms with Gasteiger partial charge in [0.05, 0.1) is 8.95 Å². The van der Waals surface area contributed by atoms with E-state index in [0.29, 0.717) is 21.8 Å². The molecule has 1 aromatic heterocycles. The van der Waals surface area contributed by atoms with Crippen LogP contribution in [0, 0.1) is 12.8 Å². The molecule has 0 aliphatic carbocycles. The Hall–Kier alpha value is -1.40. The van der Waals surface area contributed by atoms with E-state index in [0.717, 1.165) is 41.6 Å². The highest BCUT2D eigenvalue weighted by molar-refractivity contribution is 9.11. The van der Waals surface area contributed by atoms with E-state index in [1.165, 1.54) is 12.8 Å². The number of rotatable bonds is 6. The summed E-state index contributed by atoms with van der Waals surface area (Å²) in [5, 5.41) is 9.91. The van der Waals surface area contributed by atoms with E-state index in [2.05, 4.69) is 49.7 Å². The molecule has 1 fully saturated rings. The minimum absolute atomic E-state index is 0.152. The number of halogens is 2. The number of hydrogen-bond donors (Lipinski definition) is 1. The fourth-order valence-electron chi connectivity index (χ4n) is 3.76. The number of phenolic OH excluding ortho intramolecular Hbond substituents is 1. The Morgan fingerprint density at radius 1 is 1.24 bits per heavy atom. The number of phenols is 1. The predicted octanol–water partition coefficient (Wildman–Crippen LogP) is 6.16. The SMILES string of the molecule is Cc1ccc(CCC(=O)C(C)c2cc(Br)c(O)c(Br)c2)c(N2CCC(C)CC2)n1. The summed E-state index contributed by atoms with van der Waals surface area (Å²) in [6, 6.07) is 7.79. The number of anilines is 1. The predicted molar refractivity (Wildman–Crippen MR) is 125 cm³/mol. The number of piperidine rings is 1. The molecular formula is C23H28Br2N2O2. The Kier molecular flexibility index (Phi) is 7.38. The highest BCUT2D eigenvalue weighted by Crippen LogP contribution is 2.36. The van der Waals surface area contributed by atoms with E-state index < -0.39 is 0 Å².